The largest absolute Gasteiger partial charge is 0.338 e. The standard InChI is InChI=1S/C18H22ClN5O/c19-15-9-3-2-8-14(15)18-20-22-24(21-18)12-17(25)23-11-5-7-13-6-1-4-10-16(13)23/h2-3,8-9,13,16H,1,4-7,10-12H2/t13-,16-/m0/s1. The summed E-state index contributed by atoms with van der Waals surface area (Å²) in [6, 6.07) is 7.78. The molecule has 6 nitrogen and oxygen atoms in total. The lowest BCUT2D eigenvalue weighted by Gasteiger charge is -2.44. The van der Waals surface area contributed by atoms with Crippen LogP contribution in [0, 0.1) is 5.92 Å². The van der Waals surface area contributed by atoms with Crippen LogP contribution in [0.15, 0.2) is 24.3 Å². The number of hydrogen-bond acceptors (Lipinski definition) is 4. The van der Waals surface area contributed by atoms with E-state index in [4.69, 9.17) is 11.6 Å². The average Bonchev–Trinajstić information content (AvgIpc) is 3.09. The van der Waals surface area contributed by atoms with Crippen LogP contribution in [0.3, 0.4) is 0 Å². The summed E-state index contributed by atoms with van der Waals surface area (Å²) in [6.07, 6.45) is 7.27. The highest BCUT2D eigenvalue weighted by atomic mass is 35.5. The van der Waals surface area contributed by atoms with Gasteiger partial charge in [0.15, 0.2) is 0 Å². The van der Waals surface area contributed by atoms with Gasteiger partial charge in [-0.05, 0) is 48.9 Å². The summed E-state index contributed by atoms with van der Waals surface area (Å²) in [4.78, 5) is 16.3. The van der Waals surface area contributed by atoms with Gasteiger partial charge in [-0.2, -0.15) is 4.80 Å². The van der Waals surface area contributed by atoms with Crippen LogP contribution in [0.25, 0.3) is 11.4 Å². The quantitative estimate of drug-likeness (QED) is 0.844. The lowest BCUT2D eigenvalue weighted by atomic mass is 9.78. The summed E-state index contributed by atoms with van der Waals surface area (Å²) < 4.78 is 0. The van der Waals surface area contributed by atoms with Crippen molar-refractivity contribution in [2.45, 2.75) is 51.1 Å². The summed E-state index contributed by atoms with van der Waals surface area (Å²) in [5, 5.41) is 13.0. The second-order valence-electron chi connectivity index (χ2n) is 6.96. The number of piperidine rings is 1. The molecule has 0 radical (unpaired) electrons. The molecule has 1 aromatic carbocycles. The van der Waals surface area contributed by atoms with Crippen LogP contribution >= 0.6 is 11.6 Å². The number of amides is 1. The van der Waals surface area contributed by atoms with E-state index in [1.54, 1.807) is 6.07 Å². The summed E-state index contributed by atoms with van der Waals surface area (Å²) in [6.45, 7) is 0.993. The topological polar surface area (TPSA) is 63.9 Å². The summed E-state index contributed by atoms with van der Waals surface area (Å²) in [7, 11) is 0. The molecule has 0 unspecified atom stereocenters. The van der Waals surface area contributed by atoms with E-state index in [-0.39, 0.29) is 12.5 Å². The second-order valence-corrected chi connectivity index (χ2v) is 7.37. The summed E-state index contributed by atoms with van der Waals surface area (Å²) in [5.74, 6) is 1.22. The number of carbonyl (C=O) groups excluding carboxylic acids is 1. The lowest BCUT2D eigenvalue weighted by molar-refractivity contribution is -0.138. The Bertz CT molecular complexity index is 759. The maximum Gasteiger partial charge on any atom is 0.246 e. The van der Waals surface area contributed by atoms with Crippen molar-refractivity contribution in [3.8, 4) is 11.4 Å². The van der Waals surface area contributed by atoms with E-state index < -0.39 is 0 Å². The van der Waals surface area contributed by atoms with Gasteiger partial charge in [-0.15, -0.1) is 10.2 Å². The van der Waals surface area contributed by atoms with Gasteiger partial charge >= 0.3 is 0 Å². The first kappa shape index (κ1) is 16.5. The SMILES string of the molecule is O=C(Cn1nnc(-c2ccccc2Cl)n1)N1CCC[C@@H]2CCCC[C@@H]21. The molecular weight excluding hydrogens is 338 g/mol. The second kappa shape index (κ2) is 7.12. The van der Waals surface area contributed by atoms with Gasteiger partial charge in [0.25, 0.3) is 0 Å². The number of nitrogens with zero attached hydrogens (tertiary/aromatic N) is 5. The first-order valence-corrected chi connectivity index (χ1v) is 9.42. The monoisotopic (exact) mass is 359 g/mol. The molecule has 132 valence electrons. The zero-order valence-corrected chi connectivity index (χ0v) is 14.9. The fourth-order valence-electron chi connectivity index (χ4n) is 4.21. The van der Waals surface area contributed by atoms with Crippen LogP contribution in [0.1, 0.15) is 38.5 Å². The minimum atomic E-state index is 0.0970. The highest BCUT2D eigenvalue weighted by Gasteiger charge is 2.35. The normalized spacial score (nSPS) is 23.3. The summed E-state index contributed by atoms with van der Waals surface area (Å²) in [5.41, 5.74) is 0.730. The van der Waals surface area contributed by atoms with Crippen molar-refractivity contribution in [3.63, 3.8) is 0 Å². The molecule has 2 heterocycles. The van der Waals surface area contributed by atoms with Crippen LogP contribution in [0.5, 0.6) is 0 Å². The Labute approximate surface area is 152 Å². The first-order valence-electron chi connectivity index (χ1n) is 9.04. The van der Waals surface area contributed by atoms with Crippen molar-refractivity contribution in [2.24, 2.45) is 5.92 Å². The Kier molecular flexibility index (Phi) is 4.70. The Morgan fingerprint density at radius 3 is 2.84 bits per heavy atom. The number of fused-ring (bicyclic) bond motifs is 1. The number of aromatic nitrogens is 4. The van der Waals surface area contributed by atoms with Crippen molar-refractivity contribution in [3.05, 3.63) is 29.3 Å². The molecule has 0 bridgehead atoms. The highest BCUT2D eigenvalue weighted by molar-refractivity contribution is 6.33. The van der Waals surface area contributed by atoms with E-state index in [1.165, 1.54) is 30.5 Å². The molecule has 25 heavy (non-hydrogen) atoms. The molecular formula is C18H22ClN5O. The van der Waals surface area contributed by atoms with Gasteiger partial charge in [0.2, 0.25) is 11.7 Å². The highest BCUT2D eigenvalue weighted by Crippen LogP contribution is 2.35. The Balaban J connectivity index is 1.47. The first-order chi connectivity index (χ1) is 12.2. The maximum atomic E-state index is 12.8. The molecule has 7 heteroatoms. The molecule has 1 aliphatic heterocycles. The molecule has 1 saturated carbocycles. The molecule has 4 rings (SSSR count). The van der Waals surface area contributed by atoms with Gasteiger partial charge in [0, 0.05) is 18.2 Å². The molecule has 1 amide bonds. The van der Waals surface area contributed by atoms with Gasteiger partial charge in [-0.3, -0.25) is 4.79 Å². The zero-order chi connectivity index (χ0) is 17.2. The van der Waals surface area contributed by atoms with Crippen molar-refractivity contribution in [1.82, 2.24) is 25.1 Å². The van der Waals surface area contributed by atoms with Crippen molar-refractivity contribution in [2.75, 3.05) is 6.54 Å². The third-order valence-corrected chi connectivity index (χ3v) is 5.74. The molecule has 1 saturated heterocycles. The molecule has 1 aromatic heterocycles. The predicted molar refractivity (Wildman–Crippen MR) is 95.0 cm³/mol. The maximum absolute atomic E-state index is 12.8. The van der Waals surface area contributed by atoms with Crippen LogP contribution in [-0.4, -0.2) is 43.6 Å². The Morgan fingerprint density at radius 1 is 1.16 bits per heavy atom. The molecule has 0 N–H and O–H groups in total. The van der Waals surface area contributed by atoms with E-state index in [1.807, 2.05) is 18.2 Å². The number of tetrazole rings is 1. The molecule has 2 aliphatic rings. The van der Waals surface area contributed by atoms with Gasteiger partial charge in [0.05, 0.1) is 5.02 Å². The number of carbonyl (C=O) groups is 1. The zero-order valence-electron chi connectivity index (χ0n) is 14.1. The van der Waals surface area contributed by atoms with E-state index in [9.17, 15) is 4.79 Å². The third-order valence-electron chi connectivity index (χ3n) is 5.41. The lowest BCUT2D eigenvalue weighted by Crippen LogP contribution is -2.50. The van der Waals surface area contributed by atoms with Crippen LogP contribution in [-0.2, 0) is 11.3 Å². The average molecular weight is 360 g/mol. The van der Waals surface area contributed by atoms with Gasteiger partial charge in [-0.25, -0.2) is 0 Å². The summed E-state index contributed by atoms with van der Waals surface area (Å²) >= 11 is 6.18. The number of rotatable bonds is 3. The van der Waals surface area contributed by atoms with Gasteiger partial charge < -0.3 is 4.90 Å². The molecule has 2 fully saturated rings. The predicted octanol–water partition coefficient (Wildman–Crippen LogP) is 3.17. The number of likely N-dealkylation sites (tertiary alicyclic amines) is 1. The van der Waals surface area contributed by atoms with Crippen molar-refractivity contribution < 1.29 is 4.79 Å². The fraction of sp³-hybridized carbons (Fsp3) is 0.556. The van der Waals surface area contributed by atoms with Crippen LogP contribution in [0.2, 0.25) is 5.02 Å². The van der Waals surface area contributed by atoms with E-state index in [0.717, 1.165) is 24.9 Å². The Hall–Kier alpha value is -1.95. The third kappa shape index (κ3) is 3.40. The minimum absolute atomic E-state index is 0.0970. The minimum Gasteiger partial charge on any atom is -0.338 e. The number of hydrogen-bond donors (Lipinski definition) is 0. The number of halogens is 1. The molecule has 2 aromatic rings. The molecule has 2 atom stereocenters. The van der Waals surface area contributed by atoms with Crippen molar-refractivity contribution >= 4 is 17.5 Å². The van der Waals surface area contributed by atoms with E-state index in [2.05, 4.69) is 20.3 Å². The van der Waals surface area contributed by atoms with Crippen molar-refractivity contribution in [1.29, 1.82) is 0 Å². The van der Waals surface area contributed by atoms with E-state index >= 15 is 0 Å². The van der Waals surface area contributed by atoms with Gasteiger partial charge in [0.1, 0.15) is 6.54 Å². The number of benzene rings is 1. The molecule has 0 spiro atoms. The van der Waals surface area contributed by atoms with Gasteiger partial charge in [-0.1, -0.05) is 36.6 Å². The van der Waals surface area contributed by atoms with Crippen LogP contribution in [0.4, 0.5) is 0 Å². The smallest absolute Gasteiger partial charge is 0.246 e. The van der Waals surface area contributed by atoms with E-state index in [0.29, 0.717) is 22.8 Å². The molecule has 1 aliphatic carbocycles. The van der Waals surface area contributed by atoms with Crippen LogP contribution < -0.4 is 0 Å². The fourth-order valence-corrected chi connectivity index (χ4v) is 4.43. The Morgan fingerprint density at radius 2 is 1.96 bits per heavy atom.